The molecule has 2 atom stereocenters. The van der Waals surface area contributed by atoms with Crippen molar-refractivity contribution in [2.45, 2.75) is 32.0 Å². The van der Waals surface area contributed by atoms with Gasteiger partial charge in [0.25, 0.3) is 0 Å². The number of cyclic esters (lactones) is 1. The highest BCUT2D eigenvalue weighted by Gasteiger charge is 2.48. The van der Waals surface area contributed by atoms with Crippen LogP contribution in [0.3, 0.4) is 0 Å². The second-order valence-electron chi connectivity index (χ2n) is 8.43. The third-order valence-electron chi connectivity index (χ3n) is 6.23. The smallest absolute Gasteiger partial charge is 0.344 e. The van der Waals surface area contributed by atoms with Crippen LogP contribution in [0, 0.1) is 6.92 Å². The van der Waals surface area contributed by atoms with Crippen LogP contribution in [-0.4, -0.2) is 52.7 Å². The Balaban J connectivity index is 1.45. The van der Waals surface area contributed by atoms with Crippen molar-refractivity contribution >= 4 is 39.5 Å². The molecule has 0 bridgehead atoms. The predicted molar refractivity (Wildman–Crippen MR) is 132 cm³/mol. The Labute approximate surface area is 215 Å². The Bertz CT molecular complexity index is 1370. The average Bonchev–Trinajstić information content (AvgIpc) is 3.53. The standard InChI is InChI=1S/C25H23BrN4O6/c1-13-12-19(30(28-13)15-6-4-14(26)5-7-15)27-23(32)17-9-11-20(31)29(17)24-16-8-10-18(34-2)22(35-3)21(16)25(33)36-24/h4-8,10,12,17,24H,9,11H2,1-3H3,(H,27,32). The molecule has 5 rings (SSSR count). The van der Waals surface area contributed by atoms with E-state index in [0.717, 1.165) is 10.2 Å². The normalized spacial score (nSPS) is 18.7. The van der Waals surface area contributed by atoms with Gasteiger partial charge in [-0.1, -0.05) is 15.9 Å². The van der Waals surface area contributed by atoms with Crippen molar-refractivity contribution in [1.82, 2.24) is 14.7 Å². The van der Waals surface area contributed by atoms with Gasteiger partial charge in [-0.05, 0) is 49.7 Å². The summed E-state index contributed by atoms with van der Waals surface area (Å²) in [4.78, 5) is 40.5. The van der Waals surface area contributed by atoms with Crippen molar-refractivity contribution in [3.05, 3.63) is 63.8 Å². The fourth-order valence-electron chi connectivity index (χ4n) is 4.62. The summed E-state index contributed by atoms with van der Waals surface area (Å²) >= 11 is 3.42. The molecule has 2 amide bonds. The number of ether oxygens (including phenoxy) is 3. The van der Waals surface area contributed by atoms with Gasteiger partial charge in [-0.15, -0.1) is 0 Å². The van der Waals surface area contributed by atoms with Crippen LogP contribution in [0.15, 0.2) is 46.9 Å². The zero-order valence-electron chi connectivity index (χ0n) is 19.8. The van der Waals surface area contributed by atoms with Gasteiger partial charge in [-0.3, -0.25) is 14.5 Å². The molecule has 2 aliphatic rings. The van der Waals surface area contributed by atoms with E-state index in [1.165, 1.54) is 19.1 Å². The highest BCUT2D eigenvalue weighted by Crippen LogP contribution is 2.45. The fraction of sp³-hybridized carbons (Fsp3) is 0.280. The topological polar surface area (TPSA) is 112 Å². The van der Waals surface area contributed by atoms with Gasteiger partial charge >= 0.3 is 5.97 Å². The van der Waals surface area contributed by atoms with Crippen molar-refractivity contribution in [2.75, 3.05) is 19.5 Å². The van der Waals surface area contributed by atoms with Crippen LogP contribution in [0.1, 0.15) is 40.7 Å². The quantitative estimate of drug-likeness (QED) is 0.461. The SMILES string of the molecule is COc1ccc2c(c1OC)C(=O)OC2N1C(=O)CCC1C(=O)Nc1cc(C)nn1-c1ccc(Br)cc1. The van der Waals surface area contributed by atoms with Gasteiger partial charge in [0.1, 0.15) is 17.4 Å². The third kappa shape index (κ3) is 3.98. The number of hydrogen-bond acceptors (Lipinski definition) is 7. The maximum absolute atomic E-state index is 13.5. The van der Waals surface area contributed by atoms with Crippen LogP contribution in [0.25, 0.3) is 5.69 Å². The molecule has 36 heavy (non-hydrogen) atoms. The summed E-state index contributed by atoms with van der Waals surface area (Å²) in [6.07, 6.45) is -0.608. The van der Waals surface area contributed by atoms with Crippen LogP contribution >= 0.6 is 15.9 Å². The molecule has 0 saturated carbocycles. The zero-order chi connectivity index (χ0) is 25.6. The number of aryl methyl sites for hydroxylation is 1. The third-order valence-corrected chi connectivity index (χ3v) is 6.76. The lowest BCUT2D eigenvalue weighted by Gasteiger charge is -2.29. The van der Waals surface area contributed by atoms with Gasteiger partial charge in [-0.2, -0.15) is 5.10 Å². The predicted octanol–water partition coefficient (Wildman–Crippen LogP) is 3.76. The summed E-state index contributed by atoms with van der Waals surface area (Å²) in [6, 6.07) is 11.7. The number of benzene rings is 2. The molecule has 2 aliphatic heterocycles. The number of carbonyl (C=O) groups excluding carboxylic acids is 3. The zero-order valence-corrected chi connectivity index (χ0v) is 21.4. The Morgan fingerprint density at radius 3 is 2.58 bits per heavy atom. The number of methoxy groups -OCH3 is 2. The van der Waals surface area contributed by atoms with Gasteiger partial charge in [-0.25, -0.2) is 9.48 Å². The number of halogens is 1. The van der Waals surface area contributed by atoms with Gasteiger partial charge < -0.3 is 19.5 Å². The van der Waals surface area contributed by atoms with Crippen molar-refractivity contribution in [3.63, 3.8) is 0 Å². The summed E-state index contributed by atoms with van der Waals surface area (Å²) < 4.78 is 18.8. The maximum atomic E-state index is 13.5. The van der Waals surface area contributed by atoms with Gasteiger partial charge in [0.15, 0.2) is 11.5 Å². The molecule has 11 heteroatoms. The number of likely N-dealkylation sites (tertiary alicyclic amines) is 1. The summed E-state index contributed by atoms with van der Waals surface area (Å²) in [5, 5.41) is 7.39. The monoisotopic (exact) mass is 554 g/mol. The van der Waals surface area contributed by atoms with Crippen molar-refractivity contribution in [3.8, 4) is 17.2 Å². The molecule has 10 nitrogen and oxygen atoms in total. The van der Waals surface area contributed by atoms with E-state index in [9.17, 15) is 14.4 Å². The minimum atomic E-state index is -1.05. The molecule has 1 fully saturated rings. The summed E-state index contributed by atoms with van der Waals surface area (Å²) in [5.41, 5.74) is 2.11. The van der Waals surface area contributed by atoms with Crippen LogP contribution in [0.2, 0.25) is 0 Å². The molecule has 3 aromatic rings. The number of fused-ring (bicyclic) bond motifs is 1. The lowest BCUT2D eigenvalue weighted by molar-refractivity contribution is -0.144. The Kier molecular flexibility index (Phi) is 6.17. The average molecular weight is 555 g/mol. The number of nitrogens with one attached hydrogen (secondary N) is 1. The van der Waals surface area contributed by atoms with E-state index in [-0.39, 0.29) is 30.1 Å². The first kappa shape index (κ1) is 23.9. The van der Waals surface area contributed by atoms with Gasteiger partial charge in [0.2, 0.25) is 18.0 Å². The van der Waals surface area contributed by atoms with Crippen molar-refractivity contribution < 1.29 is 28.6 Å². The van der Waals surface area contributed by atoms with E-state index in [4.69, 9.17) is 14.2 Å². The molecular weight excluding hydrogens is 532 g/mol. The first-order valence-corrected chi connectivity index (χ1v) is 12.0. The number of aromatic nitrogens is 2. The highest BCUT2D eigenvalue weighted by molar-refractivity contribution is 9.10. The molecular formula is C25H23BrN4O6. The van der Waals surface area contributed by atoms with E-state index in [0.29, 0.717) is 22.8 Å². The van der Waals surface area contributed by atoms with Crippen LogP contribution in [0.4, 0.5) is 5.82 Å². The van der Waals surface area contributed by atoms with E-state index in [2.05, 4.69) is 26.3 Å². The maximum Gasteiger partial charge on any atom is 0.344 e. The second-order valence-corrected chi connectivity index (χ2v) is 9.34. The van der Waals surface area contributed by atoms with Crippen LogP contribution < -0.4 is 14.8 Å². The molecule has 3 heterocycles. The molecule has 0 aliphatic carbocycles. The molecule has 2 aromatic carbocycles. The number of amides is 2. The molecule has 0 radical (unpaired) electrons. The first-order chi connectivity index (χ1) is 17.3. The summed E-state index contributed by atoms with van der Waals surface area (Å²) in [7, 11) is 2.89. The summed E-state index contributed by atoms with van der Waals surface area (Å²) in [5.74, 6) is -0.267. The Morgan fingerprint density at radius 1 is 1.14 bits per heavy atom. The first-order valence-electron chi connectivity index (χ1n) is 11.2. The molecule has 1 N–H and O–H groups in total. The second kappa shape index (κ2) is 9.30. The lowest BCUT2D eigenvalue weighted by Crippen LogP contribution is -2.44. The molecule has 186 valence electrons. The van der Waals surface area contributed by atoms with Gasteiger partial charge in [0.05, 0.1) is 25.6 Å². The molecule has 0 spiro atoms. The Hall–Kier alpha value is -3.86. The highest BCUT2D eigenvalue weighted by atomic mass is 79.9. The fourth-order valence-corrected chi connectivity index (χ4v) is 4.88. The van der Waals surface area contributed by atoms with Crippen molar-refractivity contribution in [1.29, 1.82) is 0 Å². The van der Waals surface area contributed by atoms with Crippen LogP contribution in [0.5, 0.6) is 11.5 Å². The number of carbonyl (C=O) groups is 3. The number of anilines is 1. The lowest BCUT2D eigenvalue weighted by atomic mass is 10.1. The molecule has 1 saturated heterocycles. The number of hydrogen-bond donors (Lipinski definition) is 1. The van der Waals surface area contributed by atoms with Crippen LogP contribution in [-0.2, 0) is 14.3 Å². The minimum absolute atomic E-state index is 0.153. The number of nitrogens with zero attached hydrogens (tertiary/aromatic N) is 3. The van der Waals surface area contributed by atoms with Gasteiger partial charge in [0, 0.05) is 22.5 Å². The number of esters is 1. The van der Waals surface area contributed by atoms with E-state index in [1.807, 2.05) is 31.2 Å². The Morgan fingerprint density at radius 2 is 1.89 bits per heavy atom. The van der Waals surface area contributed by atoms with E-state index >= 15 is 0 Å². The molecule has 2 unspecified atom stereocenters. The summed E-state index contributed by atoms with van der Waals surface area (Å²) in [6.45, 7) is 1.83. The minimum Gasteiger partial charge on any atom is -0.493 e. The van der Waals surface area contributed by atoms with E-state index < -0.39 is 24.1 Å². The number of rotatable bonds is 6. The molecule has 1 aromatic heterocycles. The largest absolute Gasteiger partial charge is 0.493 e. The van der Waals surface area contributed by atoms with Crippen molar-refractivity contribution in [2.24, 2.45) is 0 Å². The van der Waals surface area contributed by atoms with E-state index in [1.54, 1.807) is 22.9 Å².